The average molecular weight is 222 g/mol. The molecule has 0 bridgehead atoms. The first-order valence-electron chi connectivity index (χ1n) is 5.06. The van der Waals surface area contributed by atoms with Gasteiger partial charge in [-0.05, 0) is 19.1 Å². The maximum atomic E-state index is 12.3. The van der Waals surface area contributed by atoms with Crippen molar-refractivity contribution >= 4 is 16.6 Å². The fraction of sp³-hybridized carbons (Fsp3) is 0.250. The highest BCUT2D eigenvalue weighted by molar-refractivity contribution is 5.81. The van der Waals surface area contributed by atoms with Crippen molar-refractivity contribution in [2.45, 2.75) is 19.4 Å². The lowest BCUT2D eigenvalue weighted by Crippen LogP contribution is -2.23. The van der Waals surface area contributed by atoms with Crippen LogP contribution in [0.15, 0.2) is 36.5 Å². The number of fused-ring (bicyclic) bond motifs is 1. The first-order valence-corrected chi connectivity index (χ1v) is 5.06. The molecule has 16 heavy (non-hydrogen) atoms. The Kier molecular flexibility index (Phi) is 2.99. The van der Waals surface area contributed by atoms with E-state index in [1.165, 1.54) is 6.92 Å². The third kappa shape index (κ3) is 2.27. The molecule has 1 aromatic carbocycles. The smallest absolute Gasteiger partial charge is 0.258 e. The summed E-state index contributed by atoms with van der Waals surface area (Å²) < 4.78 is 24.7. The average Bonchev–Trinajstić information content (AvgIpc) is 2.28. The number of nitrogens with one attached hydrogen (secondary N) is 1. The van der Waals surface area contributed by atoms with Gasteiger partial charge >= 0.3 is 0 Å². The molecule has 1 unspecified atom stereocenters. The van der Waals surface area contributed by atoms with Crippen LogP contribution < -0.4 is 5.32 Å². The Labute approximate surface area is 92.3 Å². The van der Waals surface area contributed by atoms with Gasteiger partial charge in [0.05, 0.1) is 23.4 Å². The van der Waals surface area contributed by atoms with Gasteiger partial charge in [-0.15, -0.1) is 0 Å². The van der Waals surface area contributed by atoms with Crippen LogP contribution in [0.4, 0.5) is 14.5 Å². The molecule has 0 aliphatic rings. The Balaban J connectivity index is 2.26. The fourth-order valence-electron chi connectivity index (χ4n) is 1.48. The molecule has 1 heterocycles. The van der Waals surface area contributed by atoms with Gasteiger partial charge in [-0.2, -0.15) is 0 Å². The van der Waals surface area contributed by atoms with E-state index < -0.39 is 12.5 Å². The maximum Gasteiger partial charge on any atom is 0.258 e. The van der Waals surface area contributed by atoms with Crippen LogP contribution in [-0.2, 0) is 0 Å². The van der Waals surface area contributed by atoms with Gasteiger partial charge < -0.3 is 5.32 Å². The number of nitrogens with zero attached hydrogens (tertiary/aromatic N) is 1. The molecule has 2 nitrogen and oxygen atoms in total. The van der Waals surface area contributed by atoms with Gasteiger partial charge in [0.1, 0.15) is 0 Å². The Morgan fingerprint density at radius 1 is 1.25 bits per heavy atom. The molecule has 4 heteroatoms. The van der Waals surface area contributed by atoms with Crippen molar-refractivity contribution in [3.63, 3.8) is 0 Å². The van der Waals surface area contributed by atoms with E-state index in [4.69, 9.17) is 0 Å². The molecular weight excluding hydrogens is 210 g/mol. The van der Waals surface area contributed by atoms with Crippen molar-refractivity contribution in [3.8, 4) is 0 Å². The van der Waals surface area contributed by atoms with Crippen LogP contribution in [0.3, 0.4) is 0 Å². The van der Waals surface area contributed by atoms with E-state index in [9.17, 15) is 8.78 Å². The lowest BCUT2D eigenvalue weighted by molar-refractivity contribution is 0.130. The molecule has 0 amide bonds. The molecule has 0 spiro atoms. The van der Waals surface area contributed by atoms with Crippen LogP contribution in [0, 0.1) is 0 Å². The second-order valence-electron chi connectivity index (χ2n) is 3.68. The number of benzene rings is 1. The van der Waals surface area contributed by atoms with Crippen LogP contribution in [0.5, 0.6) is 0 Å². The van der Waals surface area contributed by atoms with Gasteiger partial charge in [0.2, 0.25) is 0 Å². The largest absolute Gasteiger partial charge is 0.376 e. The number of para-hydroxylation sites is 1. The van der Waals surface area contributed by atoms with E-state index in [-0.39, 0.29) is 0 Å². The highest BCUT2D eigenvalue weighted by atomic mass is 19.3. The van der Waals surface area contributed by atoms with Gasteiger partial charge in [0, 0.05) is 5.39 Å². The predicted molar refractivity (Wildman–Crippen MR) is 60.8 cm³/mol. The number of halogens is 2. The van der Waals surface area contributed by atoms with Crippen molar-refractivity contribution in [1.82, 2.24) is 4.98 Å². The number of aromatic nitrogens is 1. The van der Waals surface area contributed by atoms with Crippen molar-refractivity contribution in [3.05, 3.63) is 36.5 Å². The molecule has 0 fully saturated rings. The standard InChI is InChI=1S/C12H12F2N2/c1-8(12(13)14)16-10-6-9-4-2-3-5-11(9)15-7-10/h2-8,12,16H,1H3. The Bertz CT molecular complexity index is 485. The summed E-state index contributed by atoms with van der Waals surface area (Å²) in [7, 11) is 0. The number of hydrogen-bond donors (Lipinski definition) is 1. The summed E-state index contributed by atoms with van der Waals surface area (Å²) in [5.41, 5.74) is 1.48. The number of alkyl halides is 2. The van der Waals surface area contributed by atoms with Gasteiger partial charge in [-0.3, -0.25) is 4.98 Å². The summed E-state index contributed by atoms with van der Waals surface area (Å²) >= 11 is 0. The summed E-state index contributed by atoms with van der Waals surface area (Å²) in [5.74, 6) is 0. The molecule has 1 aromatic heterocycles. The van der Waals surface area contributed by atoms with Crippen molar-refractivity contribution in [2.24, 2.45) is 0 Å². The van der Waals surface area contributed by atoms with Crippen molar-refractivity contribution < 1.29 is 8.78 Å². The van der Waals surface area contributed by atoms with Gasteiger partial charge in [0.25, 0.3) is 6.43 Å². The predicted octanol–water partition coefficient (Wildman–Crippen LogP) is 3.30. The summed E-state index contributed by atoms with van der Waals surface area (Å²) in [4.78, 5) is 4.19. The van der Waals surface area contributed by atoms with Crippen LogP contribution in [0.1, 0.15) is 6.92 Å². The molecule has 1 N–H and O–H groups in total. The van der Waals surface area contributed by atoms with Crippen LogP contribution >= 0.6 is 0 Å². The fourth-order valence-corrected chi connectivity index (χ4v) is 1.48. The summed E-state index contributed by atoms with van der Waals surface area (Å²) in [6.45, 7) is 1.44. The maximum absolute atomic E-state index is 12.3. The first kappa shape index (κ1) is 10.8. The molecule has 2 aromatic rings. The van der Waals surface area contributed by atoms with Crippen molar-refractivity contribution in [1.29, 1.82) is 0 Å². The Morgan fingerprint density at radius 3 is 2.75 bits per heavy atom. The summed E-state index contributed by atoms with van der Waals surface area (Å²) in [6, 6.07) is 8.52. The second kappa shape index (κ2) is 4.43. The van der Waals surface area contributed by atoms with Gasteiger partial charge in [-0.25, -0.2) is 8.78 Å². The summed E-state index contributed by atoms with van der Waals surface area (Å²) in [5, 5.41) is 3.66. The second-order valence-corrected chi connectivity index (χ2v) is 3.68. The van der Waals surface area contributed by atoms with E-state index in [0.717, 1.165) is 10.9 Å². The number of anilines is 1. The molecule has 0 aliphatic heterocycles. The zero-order chi connectivity index (χ0) is 11.5. The minimum absolute atomic E-state index is 0.617. The van der Waals surface area contributed by atoms with Gasteiger partial charge in [-0.1, -0.05) is 18.2 Å². The first-order chi connectivity index (χ1) is 7.66. The lowest BCUT2D eigenvalue weighted by atomic mass is 10.2. The Morgan fingerprint density at radius 2 is 2.00 bits per heavy atom. The molecule has 0 saturated heterocycles. The minimum Gasteiger partial charge on any atom is -0.376 e. The topological polar surface area (TPSA) is 24.9 Å². The molecular formula is C12H12F2N2. The highest BCUT2D eigenvalue weighted by Gasteiger charge is 2.13. The van der Waals surface area contributed by atoms with E-state index >= 15 is 0 Å². The number of pyridine rings is 1. The van der Waals surface area contributed by atoms with E-state index in [1.807, 2.05) is 30.3 Å². The highest BCUT2D eigenvalue weighted by Crippen LogP contribution is 2.17. The van der Waals surface area contributed by atoms with E-state index in [0.29, 0.717) is 5.69 Å². The van der Waals surface area contributed by atoms with Crippen LogP contribution in [0.25, 0.3) is 10.9 Å². The minimum atomic E-state index is -2.38. The molecule has 84 valence electrons. The Hall–Kier alpha value is -1.71. The van der Waals surface area contributed by atoms with Crippen LogP contribution in [0.2, 0.25) is 0 Å². The quantitative estimate of drug-likeness (QED) is 0.861. The zero-order valence-corrected chi connectivity index (χ0v) is 8.82. The van der Waals surface area contributed by atoms with Crippen molar-refractivity contribution in [2.75, 3.05) is 5.32 Å². The third-order valence-electron chi connectivity index (χ3n) is 2.36. The SMILES string of the molecule is CC(Nc1cnc2ccccc2c1)C(F)F. The molecule has 0 aliphatic carbocycles. The summed E-state index contributed by atoms with van der Waals surface area (Å²) in [6.07, 6.45) is -0.812. The van der Waals surface area contributed by atoms with E-state index in [2.05, 4.69) is 10.3 Å². The normalized spacial score (nSPS) is 13.0. The number of hydrogen-bond acceptors (Lipinski definition) is 2. The third-order valence-corrected chi connectivity index (χ3v) is 2.36. The molecule has 2 rings (SSSR count). The number of rotatable bonds is 3. The molecule has 1 atom stereocenters. The van der Waals surface area contributed by atoms with Gasteiger partial charge in [0.15, 0.2) is 0 Å². The molecule has 0 radical (unpaired) electrons. The molecule has 0 saturated carbocycles. The van der Waals surface area contributed by atoms with E-state index in [1.54, 1.807) is 6.20 Å². The van der Waals surface area contributed by atoms with Crippen LogP contribution in [-0.4, -0.2) is 17.5 Å². The zero-order valence-electron chi connectivity index (χ0n) is 8.82. The lowest BCUT2D eigenvalue weighted by Gasteiger charge is -2.13. The monoisotopic (exact) mass is 222 g/mol.